The molecule has 2 unspecified atom stereocenters. The zero-order chi connectivity index (χ0) is 33.5. The Labute approximate surface area is 301 Å². The first-order valence-corrected chi connectivity index (χ1v) is 18.8. The molecule has 0 bridgehead atoms. The molecule has 0 fully saturated rings. The fourth-order valence-electron chi connectivity index (χ4n) is 7.67. The molecule has 2 N–H and O–H groups in total. The second-order valence-corrected chi connectivity index (χ2v) is 15.4. The third kappa shape index (κ3) is 4.72. The number of hydrogen-bond donors (Lipinski definition) is 2. The highest BCUT2D eigenvalue weighted by molar-refractivity contribution is 7.26. The maximum absolute atomic E-state index is 6.42. The Morgan fingerprint density at radius 1 is 0.490 bits per heavy atom. The molecule has 0 saturated heterocycles. The number of amidine groups is 1. The van der Waals surface area contributed by atoms with Gasteiger partial charge in [0, 0.05) is 62.2 Å². The third-order valence-corrected chi connectivity index (χ3v) is 12.5. The summed E-state index contributed by atoms with van der Waals surface area (Å²) in [6.07, 6.45) is -0.349. The Bertz CT molecular complexity index is 3010. The molecular weight excluding hydrogens is 663 g/mol. The lowest BCUT2D eigenvalue weighted by Gasteiger charge is -2.32. The minimum atomic E-state index is -0.242. The molecule has 242 valence electrons. The highest BCUT2D eigenvalue weighted by atomic mass is 32.1. The van der Waals surface area contributed by atoms with E-state index in [2.05, 4.69) is 150 Å². The van der Waals surface area contributed by atoms with Crippen LogP contribution in [-0.2, 0) is 0 Å². The lowest BCUT2D eigenvalue weighted by atomic mass is 9.99. The summed E-state index contributed by atoms with van der Waals surface area (Å²) in [6, 6.07) is 54.3. The van der Waals surface area contributed by atoms with E-state index in [9.17, 15) is 0 Å². The van der Waals surface area contributed by atoms with Gasteiger partial charge in [-0.2, -0.15) is 0 Å². The molecule has 2 atom stereocenters. The molecule has 4 nitrogen and oxygen atoms in total. The minimum Gasteiger partial charge on any atom is -0.455 e. The van der Waals surface area contributed by atoms with E-state index >= 15 is 0 Å². The Hall–Kier alpha value is -5.79. The van der Waals surface area contributed by atoms with Crippen LogP contribution in [0.4, 0.5) is 0 Å². The standard InChI is InChI=1S/C45H29N3OS2/c1-2-9-26(10-3-1)43-46-44(28-18-21-39-34(24-28)32-12-5-7-16-38(32)50-39)48-45(47-43)29-19-22-41-36(25-29)35-23-27(17-20-40(35)51-41)30-13-8-14-33-31-11-4-6-15-37(31)49-42(30)33/h1-25,43,45,47H,(H,46,48). The predicted octanol–water partition coefficient (Wildman–Crippen LogP) is 12.3. The van der Waals surface area contributed by atoms with Crippen LogP contribution in [0.2, 0.25) is 0 Å². The zero-order valence-corrected chi connectivity index (χ0v) is 28.9. The van der Waals surface area contributed by atoms with Gasteiger partial charge in [-0.05, 0) is 71.3 Å². The van der Waals surface area contributed by atoms with Crippen molar-refractivity contribution < 1.29 is 4.42 Å². The average molecular weight is 692 g/mol. The van der Waals surface area contributed by atoms with Crippen LogP contribution in [0, 0.1) is 0 Å². The number of para-hydroxylation sites is 2. The summed E-state index contributed by atoms with van der Waals surface area (Å²) in [5.41, 5.74) is 7.50. The molecule has 10 aromatic rings. The summed E-state index contributed by atoms with van der Waals surface area (Å²) in [5, 5.41) is 14.9. The molecule has 0 aliphatic carbocycles. The number of furan rings is 1. The van der Waals surface area contributed by atoms with E-state index in [1.807, 2.05) is 34.8 Å². The van der Waals surface area contributed by atoms with Crippen molar-refractivity contribution >= 4 is 90.8 Å². The molecule has 4 heterocycles. The lowest BCUT2D eigenvalue weighted by Crippen LogP contribution is -2.44. The van der Waals surface area contributed by atoms with Crippen molar-refractivity contribution in [3.05, 3.63) is 168 Å². The van der Waals surface area contributed by atoms with E-state index in [4.69, 9.17) is 9.41 Å². The van der Waals surface area contributed by atoms with Gasteiger partial charge in [0.2, 0.25) is 0 Å². The largest absolute Gasteiger partial charge is 0.455 e. The fourth-order valence-corrected chi connectivity index (χ4v) is 9.83. The van der Waals surface area contributed by atoms with Gasteiger partial charge in [0.25, 0.3) is 0 Å². The average Bonchev–Trinajstić information content (AvgIpc) is 3.88. The number of thiophene rings is 2. The second kappa shape index (κ2) is 11.4. The van der Waals surface area contributed by atoms with E-state index in [0.717, 1.165) is 50.0 Å². The summed E-state index contributed by atoms with van der Waals surface area (Å²) in [6.45, 7) is 0. The van der Waals surface area contributed by atoms with Crippen molar-refractivity contribution in [3.63, 3.8) is 0 Å². The molecule has 7 aromatic carbocycles. The van der Waals surface area contributed by atoms with Crippen LogP contribution in [0.1, 0.15) is 29.0 Å². The first-order chi connectivity index (χ1) is 25.2. The highest BCUT2D eigenvalue weighted by Crippen LogP contribution is 2.41. The molecule has 3 aromatic heterocycles. The molecule has 11 rings (SSSR count). The maximum atomic E-state index is 6.42. The number of hydrogen-bond acceptors (Lipinski definition) is 6. The molecule has 1 aliphatic heterocycles. The molecular formula is C45H29N3OS2. The first kappa shape index (κ1) is 29.0. The van der Waals surface area contributed by atoms with E-state index < -0.39 is 0 Å². The Balaban J connectivity index is 1.04. The van der Waals surface area contributed by atoms with Gasteiger partial charge >= 0.3 is 0 Å². The molecule has 0 saturated carbocycles. The molecule has 1 aliphatic rings. The number of nitrogens with one attached hydrogen (secondary N) is 2. The van der Waals surface area contributed by atoms with Crippen LogP contribution in [0.5, 0.6) is 0 Å². The smallest absolute Gasteiger partial charge is 0.143 e. The quantitative estimate of drug-likeness (QED) is 0.193. The van der Waals surface area contributed by atoms with Gasteiger partial charge in [-0.25, -0.2) is 4.99 Å². The summed E-state index contributed by atoms with van der Waals surface area (Å²) in [4.78, 5) is 5.35. The second-order valence-electron chi connectivity index (χ2n) is 13.2. The lowest BCUT2D eigenvalue weighted by molar-refractivity contribution is 0.409. The van der Waals surface area contributed by atoms with Crippen molar-refractivity contribution in [2.45, 2.75) is 12.3 Å². The molecule has 0 spiro atoms. The van der Waals surface area contributed by atoms with Crippen LogP contribution < -0.4 is 10.6 Å². The Morgan fingerprint density at radius 3 is 2.00 bits per heavy atom. The van der Waals surface area contributed by atoms with Crippen LogP contribution in [0.15, 0.2) is 161 Å². The van der Waals surface area contributed by atoms with E-state index in [-0.39, 0.29) is 12.3 Å². The van der Waals surface area contributed by atoms with Crippen LogP contribution in [0.25, 0.3) is 73.4 Å². The highest BCUT2D eigenvalue weighted by Gasteiger charge is 2.26. The van der Waals surface area contributed by atoms with Crippen molar-refractivity contribution in [3.8, 4) is 11.1 Å². The van der Waals surface area contributed by atoms with E-state index in [0.29, 0.717) is 0 Å². The summed E-state index contributed by atoms with van der Waals surface area (Å²) in [7, 11) is 0. The maximum Gasteiger partial charge on any atom is 0.143 e. The number of aliphatic imine (C=N–C) groups is 1. The zero-order valence-electron chi connectivity index (χ0n) is 27.3. The third-order valence-electron chi connectivity index (χ3n) is 10.2. The predicted molar refractivity (Wildman–Crippen MR) is 216 cm³/mol. The van der Waals surface area contributed by atoms with E-state index in [1.165, 1.54) is 45.9 Å². The van der Waals surface area contributed by atoms with Crippen LogP contribution in [0.3, 0.4) is 0 Å². The summed E-state index contributed by atoms with van der Waals surface area (Å²) in [5.74, 6) is 0.890. The summed E-state index contributed by atoms with van der Waals surface area (Å²) >= 11 is 3.67. The number of fused-ring (bicyclic) bond motifs is 9. The van der Waals surface area contributed by atoms with Gasteiger partial charge in [-0.3, -0.25) is 5.32 Å². The fraction of sp³-hybridized carbons (Fsp3) is 0.0444. The van der Waals surface area contributed by atoms with Gasteiger partial charge in [0.1, 0.15) is 29.3 Å². The van der Waals surface area contributed by atoms with Gasteiger partial charge < -0.3 is 9.73 Å². The molecule has 0 amide bonds. The number of rotatable bonds is 4. The van der Waals surface area contributed by atoms with Crippen LogP contribution >= 0.6 is 22.7 Å². The monoisotopic (exact) mass is 691 g/mol. The topological polar surface area (TPSA) is 49.6 Å². The molecule has 0 radical (unpaired) electrons. The minimum absolute atomic E-state index is 0.107. The Morgan fingerprint density at radius 2 is 1.14 bits per heavy atom. The SMILES string of the molecule is c1ccc(C2NC(c3ccc4sc5ccccc5c4c3)=NC(c3ccc4sc5ccc(-c6cccc7c6oc6ccccc67)cc5c4c3)N2)cc1. The van der Waals surface area contributed by atoms with Gasteiger partial charge in [-0.15, -0.1) is 22.7 Å². The van der Waals surface area contributed by atoms with Crippen molar-refractivity contribution in [2.75, 3.05) is 0 Å². The van der Waals surface area contributed by atoms with Crippen molar-refractivity contribution in [1.82, 2.24) is 10.6 Å². The van der Waals surface area contributed by atoms with Crippen molar-refractivity contribution in [2.24, 2.45) is 4.99 Å². The summed E-state index contributed by atoms with van der Waals surface area (Å²) < 4.78 is 11.5. The molecule has 51 heavy (non-hydrogen) atoms. The number of nitrogens with zero attached hydrogens (tertiary/aromatic N) is 1. The normalized spacial score (nSPS) is 16.4. The van der Waals surface area contributed by atoms with Gasteiger partial charge in [0.15, 0.2) is 0 Å². The van der Waals surface area contributed by atoms with Gasteiger partial charge in [-0.1, -0.05) is 97.1 Å². The van der Waals surface area contributed by atoms with Gasteiger partial charge in [0.05, 0.1) is 0 Å². The molecule has 6 heteroatoms. The van der Waals surface area contributed by atoms with E-state index in [1.54, 1.807) is 0 Å². The van der Waals surface area contributed by atoms with Crippen molar-refractivity contribution in [1.29, 1.82) is 0 Å². The Kier molecular flexibility index (Phi) is 6.46. The first-order valence-electron chi connectivity index (χ1n) is 17.2. The number of benzene rings is 7. The van der Waals surface area contributed by atoms with Crippen LogP contribution in [-0.4, -0.2) is 5.84 Å².